The summed E-state index contributed by atoms with van der Waals surface area (Å²) in [4.78, 5) is 0. The number of hydrogen-bond donors (Lipinski definition) is 2. The molecule has 1 fully saturated rings. The average molecular weight is 303 g/mol. The van der Waals surface area contributed by atoms with Gasteiger partial charge in [-0.2, -0.15) is 0 Å². The molecule has 0 atom stereocenters. The van der Waals surface area contributed by atoms with Crippen molar-refractivity contribution in [1.82, 2.24) is 5.32 Å². The first-order chi connectivity index (χ1) is 10.8. The molecule has 4 nitrogen and oxygen atoms in total. The van der Waals surface area contributed by atoms with Gasteiger partial charge < -0.3 is 19.9 Å². The van der Waals surface area contributed by atoms with Crippen molar-refractivity contribution >= 4 is 0 Å². The van der Waals surface area contributed by atoms with Crippen molar-refractivity contribution in [3.63, 3.8) is 0 Å². The zero-order chi connectivity index (χ0) is 14.9. The van der Waals surface area contributed by atoms with Crippen molar-refractivity contribution in [3.8, 4) is 17.2 Å². The normalized spacial score (nSPS) is 21.5. The summed E-state index contributed by atoms with van der Waals surface area (Å²) >= 11 is 0. The fourth-order valence-corrected chi connectivity index (χ4v) is 4.11. The summed E-state index contributed by atoms with van der Waals surface area (Å²) in [6.07, 6.45) is 7.43. The first-order valence-electron chi connectivity index (χ1n) is 8.70. The number of nitrogens with one attached hydrogen (secondary N) is 1. The third kappa shape index (κ3) is 2.43. The minimum atomic E-state index is 0.346. The third-order valence-electron chi connectivity index (χ3n) is 5.27. The molecule has 22 heavy (non-hydrogen) atoms. The van der Waals surface area contributed by atoms with Crippen LogP contribution in [0.3, 0.4) is 0 Å². The Bertz CT molecular complexity index is 527. The van der Waals surface area contributed by atoms with Gasteiger partial charge in [-0.05, 0) is 64.0 Å². The van der Waals surface area contributed by atoms with Crippen LogP contribution < -0.4 is 14.8 Å². The summed E-state index contributed by atoms with van der Waals surface area (Å²) in [7, 11) is 0. The van der Waals surface area contributed by atoms with E-state index in [-0.39, 0.29) is 0 Å². The minimum absolute atomic E-state index is 0.346. The van der Waals surface area contributed by atoms with Gasteiger partial charge >= 0.3 is 0 Å². The summed E-state index contributed by atoms with van der Waals surface area (Å²) in [6, 6.07) is 0. The average Bonchev–Trinajstić information content (AvgIpc) is 2.59. The smallest absolute Gasteiger partial charge is 0.164 e. The van der Waals surface area contributed by atoms with Gasteiger partial charge in [-0.1, -0.05) is 0 Å². The maximum absolute atomic E-state index is 10.6. The number of ether oxygens (including phenoxy) is 2. The van der Waals surface area contributed by atoms with Gasteiger partial charge in [0.15, 0.2) is 11.5 Å². The molecule has 0 bridgehead atoms. The molecule has 3 heterocycles. The largest absolute Gasteiger partial charge is 0.504 e. The number of benzene rings is 1. The quantitative estimate of drug-likeness (QED) is 0.882. The number of rotatable bonds is 2. The summed E-state index contributed by atoms with van der Waals surface area (Å²) < 4.78 is 11.8. The maximum atomic E-state index is 10.6. The van der Waals surface area contributed by atoms with Crippen molar-refractivity contribution in [2.24, 2.45) is 5.92 Å². The number of aromatic hydroxyl groups is 1. The lowest BCUT2D eigenvalue weighted by atomic mass is 9.84. The van der Waals surface area contributed by atoms with Gasteiger partial charge in [0.05, 0.1) is 13.2 Å². The predicted molar refractivity (Wildman–Crippen MR) is 85.0 cm³/mol. The molecule has 0 radical (unpaired) electrons. The van der Waals surface area contributed by atoms with Gasteiger partial charge in [-0.3, -0.25) is 0 Å². The monoisotopic (exact) mass is 303 g/mol. The molecule has 0 saturated carbocycles. The number of fused-ring (bicyclic) bond motifs is 2. The summed E-state index contributed by atoms with van der Waals surface area (Å²) in [6.45, 7) is 3.72. The Labute approximate surface area is 131 Å². The van der Waals surface area contributed by atoms with Crippen LogP contribution in [-0.2, 0) is 19.3 Å². The van der Waals surface area contributed by atoms with Gasteiger partial charge in [-0.25, -0.2) is 0 Å². The Balaban J connectivity index is 1.77. The molecule has 3 aliphatic heterocycles. The van der Waals surface area contributed by atoms with Crippen LogP contribution in [0.2, 0.25) is 0 Å². The topological polar surface area (TPSA) is 50.7 Å². The van der Waals surface area contributed by atoms with Crippen molar-refractivity contribution in [3.05, 3.63) is 16.7 Å². The maximum Gasteiger partial charge on any atom is 0.164 e. The van der Waals surface area contributed by atoms with Crippen molar-refractivity contribution < 1.29 is 14.6 Å². The lowest BCUT2D eigenvalue weighted by Crippen LogP contribution is -2.29. The van der Waals surface area contributed by atoms with Gasteiger partial charge in [0.2, 0.25) is 0 Å². The Morgan fingerprint density at radius 3 is 2.41 bits per heavy atom. The Morgan fingerprint density at radius 1 is 0.955 bits per heavy atom. The van der Waals surface area contributed by atoms with Gasteiger partial charge in [0, 0.05) is 16.7 Å². The lowest BCUT2D eigenvalue weighted by molar-refractivity contribution is 0.251. The zero-order valence-corrected chi connectivity index (χ0v) is 13.1. The van der Waals surface area contributed by atoms with Crippen molar-refractivity contribution in [2.45, 2.75) is 44.9 Å². The second kappa shape index (κ2) is 5.99. The van der Waals surface area contributed by atoms with E-state index in [9.17, 15) is 5.11 Å². The molecule has 4 heteroatoms. The molecule has 1 aromatic rings. The molecule has 0 amide bonds. The van der Waals surface area contributed by atoms with E-state index in [0.717, 1.165) is 68.9 Å². The highest BCUT2D eigenvalue weighted by Gasteiger charge is 2.30. The van der Waals surface area contributed by atoms with Crippen LogP contribution in [0.5, 0.6) is 17.2 Å². The first kappa shape index (κ1) is 14.2. The number of hydrogen-bond acceptors (Lipinski definition) is 4. The Hall–Kier alpha value is -1.42. The highest BCUT2D eigenvalue weighted by Crippen LogP contribution is 2.48. The number of piperidine rings is 1. The number of phenols is 1. The second-order valence-electron chi connectivity index (χ2n) is 6.74. The fraction of sp³-hybridized carbons (Fsp3) is 0.667. The highest BCUT2D eigenvalue weighted by molar-refractivity contribution is 5.63. The molecule has 4 rings (SSSR count). The van der Waals surface area contributed by atoms with Crippen LogP contribution in [-0.4, -0.2) is 31.4 Å². The lowest BCUT2D eigenvalue weighted by Gasteiger charge is -2.31. The summed E-state index contributed by atoms with van der Waals surface area (Å²) in [5, 5.41) is 14.0. The van der Waals surface area contributed by atoms with Gasteiger partial charge in [0.25, 0.3) is 0 Å². The molecule has 2 N–H and O–H groups in total. The molecule has 0 aromatic heterocycles. The SMILES string of the molecule is Oc1c2c(c(CC3CCNCC3)c3c1OCCC3)OCCC2. The van der Waals surface area contributed by atoms with Crippen LogP contribution in [0.25, 0.3) is 0 Å². The Kier molecular flexibility index (Phi) is 3.87. The standard InChI is InChI=1S/C18H25NO3/c20-16-14-4-2-9-21-17(14)15(11-12-5-7-19-8-6-12)13-3-1-10-22-18(13)16/h12,19-20H,1-11H2. The van der Waals surface area contributed by atoms with Crippen molar-refractivity contribution in [2.75, 3.05) is 26.3 Å². The van der Waals surface area contributed by atoms with E-state index in [1.54, 1.807) is 0 Å². The van der Waals surface area contributed by atoms with Gasteiger partial charge in [0.1, 0.15) is 5.75 Å². The molecule has 3 aliphatic rings. The molecular formula is C18H25NO3. The van der Waals surface area contributed by atoms with Crippen LogP contribution >= 0.6 is 0 Å². The minimum Gasteiger partial charge on any atom is -0.504 e. The molecule has 120 valence electrons. The summed E-state index contributed by atoms with van der Waals surface area (Å²) in [5.41, 5.74) is 3.52. The predicted octanol–water partition coefficient (Wildman–Crippen LogP) is 2.58. The zero-order valence-electron chi connectivity index (χ0n) is 13.1. The van der Waals surface area contributed by atoms with E-state index in [1.165, 1.54) is 24.0 Å². The molecule has 1 aromatic carbocycles. The van der Waals surface area contributed by atoms with Crippen molar-refractivity contribution in [1.29, 1.82) is 0 Å². The molecule has 0 aliphatic carbocycles. The van der Waals surface area contributed by atoms with E-state index in [1.807, 2.05) is 0 Å². The molecule has 1 saturated heterocycles. The van der Waals surface area contributed by atoms with E-state index in [0.29, 0.717) is 18.3 Å². The fourth-order valence-electron chi connectivity index (χ4n) is 4.11. The van der Waals surface area contributed by atoms with Crippen LogP contribution in [0, 0.1) is 5.92 Å². The molecular weight excluding hydrogens is 278 g/mol. The van der Waals surface area contributed by atoms with E-state index < -0.39 is 0 Å². The van der Waals surface area contributed by atoms with E-state index in [4.69, 9.17) is 9.47 Å². The third-order valence-corrected chi connectivity index (χ3v) is 5.27. The van der Waals surface area contributed by atoms with E-state index >= 15 is 0 Å². The van der Waals surface area contributed by atoms with Crippen LogP contribution in [0.1, 0.15) is 42.4 Å². The number of phenolic OH excluding ortho intramolecular Hbond substituents is 1. The van der Waals surface area contributed by atoms with Crippen LogP contribution in [0.15, 0.2) is 0 Å². The highest BCUT2D eigenvalue weighted by atomic mass is 16.5. The Morgan fingerprint density at radius 2 is 1.64 bits per heavy atom. The summed E-state index contributed by atoms with van der Waals surface area (Å²) in [5.74, 6) is 2.79. The molecule has 0 spiro atoms. The molecule has 0 unspecified atom stereocenters. The second-order valence-corrected chi connectivity index (χ2v) is 6.74. The van der Waals surface area contributed by atoms with Gasteiger partial charge in [-0.15, -0.1) is 0 Å². The van der Waals surface area contributed by atoms with Crippen LogP contribution in [0.4, 0.5) is 0 Å². The van der Waals surface area contributed by atoms with E-state index in [2.05, 4.69) is 5.32 Å². The first-order valence-corrected chi connectivity index (χ1v) is 8.70.